The second-order valence-electron chi connectivity index (χ2n) is 8.57. The van der Waals surface area contributed by atoms with Crippen molar-refractivity contribution < 1.29 is 13.2 Å². The normalized spacial score (nSPS) is 16.8. The van der Waals surface area contributed by atoms with Gasteiger partial charge in [0.15, 0.2) is 0 Å². The van der Waals surface area contributed by atoms with Gasteiger partial charge >= 0.3 is 0 Å². The molecule has 175 valence electrons. The largest absolute Gasteiger partial charge is 0.373 e. The van der Waals surface area contributed by atoms with Crippen molar-refractivity contribution in [1.29, 1.82) is 0 Å². The molecule has 7 nitrogen and oxygen atoms in total. The number of hydrogen-bond acceptors (Lipinski definition) is 6. The first kappa shape index (κ1) is 23.7. The van der Waals surface area contributed by atoms with Crippen LogP contribution in [-0.2, 0) is 21.4 Å². The molecular formula is C25H31N4O3S. The molecular weight excluding hydrogens is 436 g/mol. The number of sulfonamides is 1. The van der Waals surface area contributed by atoms with Crippen LogP contribution in [0.4, 0.5) is 0 Å². The number of benzene rings is 1. The number of fused-ring (bicyclic) bond motifs is 1. The van der Waals surface area contributed by atoms with Crippen LogP contribution in [-0.4, -0.2) is 52.6 Å². The summed E-state index contributed by atoms with van der Waals surface area (Å²) in [6.07, 6.45) is 5.99. The van der Waals surface area contributed by atoms with E-state index in [2.05, 4.69) is 34.0 Å². The molecule has 0 spiro atoms. The van der Waals surface area contributed by atoms with Crippen LogP contribution in [0.15, 0.2) is 48.8 Å². The molecule has 0 saturated carbocycles. The Morgan fingerprint density at radius 1 is 1.15 bits per heavy atom. The maximum atomic E-state index is 13.1. The van der Waals surface area contributed by atoms with Crippen molar-refractivity contribution in [3.05, 3.63) is 72.8 Å². The Bertz CT molecular complexity index is 1160. The average Bonchev–Trinajstić information content (AvgIpc) is 2.83. The highest BCUT2D eigenvalue weighted by Crippen LogP contribution is 2.25. The molecule has 1 aliphatic heterocycles. The number of ether oxygens (including phenoxy) is 1. The predicted octanol–water partition coefficient (Wildman–Crippen LogP) is 4.04. The van der Waals surface area contributed by atoms with Gasteiger partial charge in [-0.25, -0.2) is 22.7 Å². The van der Waals surface area contributed by atoms with E-state index in [4.69, 9.17) is 4.74 Å². The van der Waals surface area contributed by atoms with Gasteiger partial charge in [-0.2, -0.15) is 0 Å². The molecule has 3 aromatic rings. The molecule has 1 aromatic carbocycles. The van der Waals surface area contributed by atoms with E-state index in [1.165, 1.54) is 0 Å². The van der Waals surface area contributed by atoms with Gasteiger partial charge in [-0.1, -0.05) is 31.5 Å². The van der Waals surface area contributed by atoms with E-state index < -0.39 is 10.0 Å². The maximum absolute atomic E-state index is 13.1. The Kier molecular flexibility index (Phi) is 7.67. The summed E-state index contributed by atoms with van der Waals surface area (Å²) in [6, 6.07) is 11.9. The van der Waals surface area contributed by atoms with Gasteiger partial charge in [-0.15, -0.1) is 0 Å². The highest BCUT2D eigenvalue weighted by atomic mass is 32.2. The fourth-order valence-corrected chi connectivity index (χ4v) is 6.22. The van der Waals surface area contributed by atoms with Crippen LogP contribution in [0, 0.1) is 13.8 Å². The predicted molar refractivity (Wildman–Crippen MR) is 129 cm³/mol. The van der Waals surface area contributed by atoms with E-state index in [-0.39, 0.29) is 17.8 Å². The first-order valence-electron chi connectivity index (χ1n) is 11.5. The molecule has 0 aliphatic carbocycles. The van der Waals surface area contributed by atoms with Crippen molar-refractivity contribution in [1.82, 2.24) is 19.3 Å². The van der Waals surface area contributed by atoms with Crippen molar-refractivity contribution in [3.8, 4) is 0 Å². The topological polar surface area (TPSA) is 85.3 Å². The van der Waals surface area contributed by atoms with Gasteiger partial charge in [0.2, 0.25) is 10.0 Å². The number of para-hydroxylation sites is 1. The molecule has 3 heterocycles. The molecule has 1 saturated heterocycles. The molecule has 1 radical (unpaired) electrons. The number of pyridine rings is 1. The third-order valence-electron chi connectivity index (χ3n) is 6.11. The summed E-state index contributed by atoms with van der Waals surface area (Å²) in [5.41, 5.74) is 3.05. The number of piperidine rings is 1. The molecule has 8 heteroatoms. The lowest BCUT2D eigenvalue weighted by Gasteiger charge is -2.32. The van der Waals surface area contributed by atoms with Crippen LogP contribution in [0.3, 0.4) is 0 Å². The van der Waals surface area contributed by atoms with Crippen LogP contribution < -0.4 is 0 Å². The van der Waals surface area contributed by atoms with E-state index >= 15 is 0 Å². The van der Waals surface area contributed by atoms with E-state index in [1.54, 1.807) is 22.8 Å². The van der Waals surface area contributed by atoms with Crippen LogP contribution >= 0.6 is 0 Å². The SMILES string of the molecule is [CH2]CC[C@H](CS(=O)(=O)N1CCC(OCc2cc(C)nc3ccccc23)CC1)c1ncccn1. The molecule has 33 heavy (non-hydrogen) atoms. The minimum Gasteiger partial charge on any atom is -0.373 e. The number of aromatic nitrogens is 3. The third-order valence-corrected chi connectivity index (χ3v) is 8.09. The Hall–Kier alpha value is -2.42. The summed E-state index contributed by atoms with van der Waals surface area (Å²) in [6.45, 7) is 7.31. The van der Waals surface area contributed by atoms with Crippen molar-refractivity contribution in [2.75, 3.05) is 18.8 Å². The number of hydrogen-bond donors (Lipinski definition) is 0. The van der Waals surface area contributed by atoms with Crippen molar-refractivity contribution in [2.45, 2.75) is 51.2 Å². The zero-order valence-electron chi connectivity index (χ0n) is 19.1. The number of aryl methyl sites for hydroxylation is 1. The lowest BCUT2D eigenvalue weighted by molar-refractivity contribution is 0.0107. The maximum Gasteiger partial charge on any atom is 0.214 e. The van der Waals surface area contributed by atoms with Gasteiger partial charge in [0.05, 0.1) is 24.0 Å². The standard InChI is InChI=1S/C25H31N4O3S/c1-3-7-20(25-26-12-6-13-27-25)18-33(30,31)29-14-10-22(11-15-29)32-17-21-16-19(2)28-24-9-5-4-8-23(21)24/h4-6,8-9,12-13,16,20,22H,1,3,7,10-11,14-15,17-18H2,2H3/t20-/m1/s1. The summed E-state index contributed by atoms with van der Waals surface area (Å²) < 4.78 is 34.0. The van der Waals surface area contributed by atoms with Crippen LogP contribution in [0.5, 0.6) is 0 Å². The molecule has 1 atom stereocenters. The Morgan fingerprint density at radius 2 is 1.88 bits per heavy atom. The van der Waals surface area contributed by atoms with Crippen LogP contribution in [0.1, 0.15) is 48.7 Å². The lowest BCUT2D eigenvalue weighted by atomic mass is 10.1. The molecule has 2 aromatic heterocycles. The van der Waals surface area contributed by atoms with Gasteiger partial charge in [0, 0.05) is 42.5 Å². The number of nitrogens with zero attached hydrogens (tertiary/aromatic N) is 4. The highest BCUT2D eigenvalue weighted by Gasteiger charge is 2.31. The molecule has 0 N–H and O–H groups in total. The number of rotatable bonds is 9. The third kappa shape index (κ3) is 5.93. The lowest BCUT2D eigenvalue weighted by Crippen LogP contribution is -2.42. The van der Waals surface area contributed by atoms with Gasteiger partial charge in [-0.05, 0) is 49.9 Å². The molecule has 0 amide bonds. The van der Waals surface area contributed by atoms with Gasteiger partial charge in [-0.3, -0.25) is 4.98 Å². The second kappa shape index (κ2) is 10.7. The molecule has 1 aliphatic rings. The van der Waals surface area contributed by atoms with E-state index in [9.17, 15) is 8.42 Å². The second-order valence-corrected chi connectivity index (χ2v) is 10.6. The zero-order valence-corrected chi connectivity index (χ0v) is 19.9. The van der Waals surface area contributed by atoms with Crippen molar-refractivity contribution in [2.24, 2.45) is 0 Å². The van der Waals surface area contributed by atoms with Crippen LogP contribution in [0.2, 0.25) is 0 Å². The van der Waals surface area contributed by atoms with Gasteiger partial charge < -0.3 is 4.74 Å². The minimum absolute atomic E-state index is 0.0142. The summed E-state index contributed by atoms with van der Waals surface area (Å²) in [4.78, 5) is 13.1. The molecule has 0 bridgehead atoms. The molecule has 4 rings (SSSR count). The van der Waals surface area contributed by atoms with E-state index in [0.29, 0.717) is 51.2 Å². The zero-order chi connectivity index (χ0) is 23.3. The first-order valence-corrected chi connectivity index (χ1v) is 13.1. The molecule has 1 fully saturated rings. The van der Waals surface area contributed by atoms with E-state index in [1.807, 2.05) is 25.1 Å². The van der Waals surface area contributed by atoms with Gasteiger partial charge in [0.25, 0.3) is 0 Å². The summed E-state index contributed by atoms with van der Waals surface area (Å²) >= 11 is 0. The smallest absolute Gasteiger partial charge is 0.214 e. The Balaban J connectivity index is 1.35. The van der Waals surface area contributed by atoms with E-state index in [0.717, 1.165) is 22.2 Å². The Morgan fingerprint density at radius 3 is 2.61 bits per heavy atom. The fraction of sp³-hybridized carbons (Fsp3) is 0.440. The Labute approximate surface area is 196 Å². The van der Waals surface area contributed by atoms with Gasteiger partial charge in [0.1, 0.15) is 5.82 Å². The monoisotopic (exact) mass is 467 g/mol. The van der Waals surface area contributed by atoms with Crippen molar-refractivity contribution in [3.63, 3.8) is 0 Å². The highest BCUT2D eigenvalue weighted by molar-refractivity contribution is 7.89. The quantitative estimate of drug-likeness (QED) is 0.472. The average molecular weight is 468 g/mol. The summed E-state index contributed by atoms with van der Waals surface area (Å²) in [7, 11) is -3.42. The minimum atomic E-state index is -3.42. The first-order chi connectivity index (χ1) is 16.0. The molecule has 0 unspecified atom stereocenters. The summed E-state index contributed by atoms with van der Waals surface area (Å²) in [5.74, 6) is 0.342. The fourth-order valence-electron chi connectivity index (χ4n) is 4.41. The van der Waals surface area contributed by atoms with Crippen LogP contribution in [0.25, 0.3) is 10.9 Å². The van der Waals surface area contributed by atoms with Crippen molar-refractivity contribution >= 4 is 20.9 Å². The summed E-state index contributed by atoms with van der Waals surface area (Å²) in [5, 5.41) is 1.10.